The molecule has 0 fully saturated rings. The molecule has 0 saturated heterocycles. The van der Waals surface area contributed by atoms with Crippen LogP contribution in [0.5, 0.6) is 0 Å². The van der Waals surface area contributed by atoms with E-state index >= 15 is 0 Å². The van der Waals surface area contributed by atoms with Gasteiger partial charge in [-0.05, 0) is 36.6 Å². The number of aliphatic hydroxyl groups is 1. The van der Waals surface area contributed by atoms with Gasteiger partial charge in [0.2, 0.25) is 0 Å². The Kier molecular flexibility index (Phi) is 4.72. The van der Waals surface area contributed by atoms with Gasteiger partial charge >= 0.3 is 0 Å². The molecule has 0 heterocycles. The fourth-order valence-corrected chi connectivity index (χ4v) is 2.59. The summed E-state index contributed by atoms with van der Waals surface area (Å²) in [5.41, 5.74) is 3.30. The van der Waals surface area contributed by atoms with Crippen molar-refractivity contribution in [1.82, 2.24) is 0 Å². The van der Waals surface area contributed by atoms with Crippen LogP contribution in [-0.4, -0.2) is 11.7 Å². The summed E-state index contributed by atoms with van der Waals surface area (Å²) in [5, 5.41) is 9.57. The lowest BCUT2D eigenvalue weighted by Crippen LogP contribution is -2.08. The van der Waals surface area contributed by atoms with Gasteiger partial charge in [0.1, 0.15) is 5.82 Å². The van der Waals surface area contributed by atoms with Gasteiger partial charge in [-0.15, -0.1) is 0 Å². The number of aliphatic hydroxyl groups excluding tert-OH is 1. The van der Waals surface area contributed by atoms with E-state index in [9.17, 15) is 9.50 Å². The Hall–Kier alpha value is -1.19. The first-order valence-electron chi connectivity index (χ1n) is 6.21. The molecule has 0 radical (unpaired) electrons. The van der Waals surface area contributed by atoms with Crippen LogP contribution in [0.25, 0.3) is 0 Å². The monoisotopic (exact) mass is 322 g/mol. The molecule has 0 amide bonds. The fraction of sp³-hybridized carbons (Fsp3) is 0.250. The molecule has 3 heteroatoms. The Bertz CT molecular complexity index is 551. The van der Waals surface area contributed by atoms with Crippen LogP contribution in [0.1, 0.15) is 22.6 Å². The molecular weight excluding hydrogens is 307 g/mol. The maximum atomic E-state index is 13.1. The van der Waals surface area contributed by atoms with Gasteiger partial charge in [-0.1, -0.05) is 51.8 Å². The Morgan fingerprint density at radius 3 is 2.42 bits per heavy atom. The number of aryl methyl sites for hydroxylation is 1. The highest BCUT2D eigenvalue weighted by molar-refractivity contribution is 9.10. The fourth-order valence-electron chi connectivity index (χ4n) is 2.08. The van der Waals surface area contributed by atoms with Crippen LogP contribution in [-0.2, 0) is 6.42 Å². The van der Waals surface area contributed by atoms with Crippen molar-refractivity contribution in [1.29, 1.82) is 0 Å². The van der Waals surface area contributed by atoms with Crippen LogP contribution in [0.4, 0.5) is 4.39 Å². The van der Waals surface area contributed by atoms with Gasteiger partial charge in [0, 0.05) is 10.4 Å². The predicted octanol–water partition coefficient (Wildman–Crippen LogP) is 4.22. The smallest absolute Gasteiger partial charge is 0.124 e. The topological polar surface area (TPSA) is 20.2 Å². The third kappa shape index (κ3) is 3.64. The molecule has 0 aliphatic carbocycles. The maximum absolute atomic E-state index is 13.1. The highest BCUT2D eigenvalue weighted by Crippen LogP contribution is 2.26. The van der Waals surface area contributed by atoms with Crippen molar-refractivity contribution >= 4 is 15.9 Å². The molecule has 1 N–H and O–H groups in total. The number of hydrogen-bond donors (Lipinski definition) is 1. The minimum Gasteiger partial charge on any atom is -0.396 e. The van der Waals surface area contributed by atoms with Crippen molar-refractivity contribution in [3.05, 3.63) is 69.4 Å². The maximum Gasteiger partial charge on any atom is 0.124 e. The van der Waals surface area contributed by atoms with Crippen molar-refractivity contribution in [2.24, 2.45) is 0 Å². The Morgan fingerprint density at radius 2 is 1.84 bits per heavy atom. The third-order valence-electron chi connectivity index (χ3n) is 3.25. The van der Waals surface area contributed by atoms with E-state index in [2.05, 4.69) is 15.9 Å². The van der Waals surface area contributed by atoms with Crippen LogP contribution in [0, 0.1) is 12.7 Å². The second-order valence-corrected chi connectivity index (χ2v) is 5.58. The Balaban J connectivity index is 2.21. The van der Waals surface area contributed by atoms with Crippen molar-refractivity contribution in [3.8, 4) is 0 Å². The summed E-state index contributed by atoms with van der Waals surface area (Å²) >= 11 is 3.37. The number of halogens is 2. The molecular formula is C16H16BrFO. The largest absolute Gasteiger partial charge is 0.396 e. The van der Waals surface area contributed by atoms with Crippen molar-refractivity contribution < 1.29 is 9.50 Å². The van der Waals surface area contributed by atoms with Crippen LogP contribution in [0.15, 0.2) is 46.9 Å². The van der Waals surface area contributed by atoms with Gasteiger partial charge < -0.3 is 5.11 Å². The second-order valence-electron chi connectivity index (χ2n) is 4.73. The van der Waals surface area contributed by atoms with E-state index in [1.54, 1.807) is 6.07 Å². The lowest BCUT2D eigenvalue weighted by atomic mass is 9.92. The van der Waals surface area contributed by atoms with Gasteiger partial charge in [0.25, 0.3) is 0 Å². The zero-order chi connectivity index (χ0) is 13.8. The first-order valence-corrected chi connectivity index (χ1v) is 7.01. The first-order chi connectivity index (χ1) is 9.10. The van der Waals surface area contributed by atoms with Crippen LogP contribution in [0.3, 0.4) is 0 Å². The van der Waals surface area contributed by atoms with E-state index in [-0.39, 0.29) is 18.3 Å². The Labute approximate surface area is 121 Å². The molecule has 2 aromatic rings. The SMILES string of the molecule is Cc1ccc(C(CO)Cc2ccc(F)cc2Br)cc1. The van der Waals surface area contributed by atoms with E-state index in [1.165, 1.54) is 17.7 Å². The van der Waals surface area contributed by atoms with E-state index in [0.717, 1.165) is 15.6 Å². The average Bonchev–Trinajstić information content (AvgIpc) is 2.39. The number of hydrogen-bond acceptors (Lipinski definition) is 1. The first kappa shape index (κ1) is 14.2. The molecule has 0 aliphatic heterocycles. The van der Waals surface area contributed by atoms with Gasteiger partial charge in [0.05, 0.1) is 6.61 Å². The summed E-state index contributed by atoms with van der Waals surface area (Å²) in [6.07, 6.45) is 0.681. The molecule has 0 aromatic heterocycles. The highest BCUT2D eigenvalue weighted by Gasteiger charge is 2.13. The third-order valence-corrected chi connectivity index (χ3v) is 3.99. The number of benzene rings is 2. The quantitative estimate of drug-likeness (QED) is 0.893. The lowest BCUT2D eigenvalue weighted by Gasteiger charge is -2.16. The lowest BCUT2D eigenvalue weighted by molar-refractivity contribution is 0.264. The van der Waals surface area contributed by atoms with Gasteiger partial charge in [-0.3, -0.25) is 0 Å². The molecule has 1 nitrogen and oxygen atoms in total. The van der Waals surface area contributed by atoms with Gasteiger partial charge in [-0.2, -0.15) is 0 Å². The normalized spacial score (nSPS) is 12.4. The van der Waals surface area contributed by atoms with Crippen molar-refractivity contribution in [3.63, 3.8) is 0 Å². The number of rotatable bonds is 4. The summed E-state index contributed by atoms with van der Waals surface area (Å²) in [7, 11) is 0. The van der Waals surface area contributed by atoms with E-state index < -0.39 is 0 Å². The van der Waals surface area contributed by atoms with E-state index in [4.69, 9.17) is 0 Å². The zero-order valence-electron chi connectivity index (χ0n) is 10.7. The molecule has 2 aromatic carbocycles. The molecule has 0 bridgehead atoms. The molecule has 0 spiro atoms. The van der Waals surface area contributed by atoms with Crippen molar-refractivity contribution in [2.45, 2.75) is 19.3 Å². The summed E-state index contributed by atoms with van der Waals surface area (Å²) in [6.45, 7) is 2.11. The van der Waals surface area contributed by atoms with Gasteiger partial charge in [0.15, 0.2) is 0 Å². The van der Waals surface area contributed by atoms with E-state index in [0.29, 0.717) is 6.42 Å². The van der Waals surface area contributed by atoms with Crippen molar-refractivity contribution in [2.75, 3.05) is 6.61 Å². The van der Waals surface area contributed by atoms with Crippen LogP contribution < -0.4 is 0 Å². The zero-order valence-corrected chi connectivity index (χ0v) is 12.3. The summed E-state index contributed by atoms with van der Waals surface area (Å²) in [6, 6.07) is 12.8. The van der Waals surface area contributed by atoms with E-state index in [1.807, 2.05) is 31.2 Å². The molecule has 19 heavy (non-hydrogen) atoms. The molecule has 0 aliphatic rings. The minimum absolute atomic E-state index is 0.0300. The molecule has 0 saturated carbocycles. The molecule has 100 valence electrons. The molecule has 1 unspecified atom stereocenters. The van der Waals surface area contributed by atoms with Crippen LogP contribution in [0.2, 0.25) is 0 Å². The van der Waals surface area contributed by atoms with Crippen LogP contribution >= 0.6 is 15.9 Å². The molecule has 1 atom stereocenters. The van der Waals surface area contributed by atoms with Gasteiger partial charge in [-0.25, -0.2) is 4.39 Å². The predicted molar refractivity (Wildman–Crippen MR) is 78.8 cm³/mol. The second kappa shape index (κ2) is 6.31. The standard InChI is InChI=1S/C16H16BrFO/c1-11-2-4-12(5-3-11)14(10-19)8-13-6-7-15(18)9-16(13)17/h2-7,9,14,19H,8,10H2,1H3. The summed E-state index contributed by atoms with van der Waals surface area (Å²) < 4.78 is 13.8. The Morgan fingerprint density at radius 1 is 1.16 bits per heavy atom. The molecule has 2 rings (SSSR count). The summed E-state index contributed by atoms with van der Waals surface area (Å²) in [4.78, 5) is 0. The highest BCUT2D eigenvalue weighted by atomic mass is 79.9. The average molecular weight is 323 g/mol. The minimum atomic E-state index is -0.258. The summed E-state index contributed by atoms with van der Waals surface area (Å²) in [5.74, 6) is -0.228.